The van der Waals surface area contributed by atoms with Gasteiger partial charge in [-0.15, -0.1) is 0 Å². The third-order valence-corrected chi connectivity index (χ3v) is 2.24. The van der Waals surface area contributed by atoms with Crippen molar-refractivity contribution in [2.24, 2.45) is 5.92 Å². The lowest BCUT2D eigenvalue weighted by atomic mass is 10.1. The van der Waals surface area contributed by atoms with Crippen molar-refractivity contribution in [1.82, 2.24) is 0 Å². The molecule has 0 fully saturated rings. The van der Waals surface area contributed by atoms with Crippen molar-refractivity contribution in [3.8, 4) is 12.1 Å². The molecule has 0 aliphatic heterocycles. The van der Waals surface area contributed by atoms with Gasteiger partial charge in [0.15, 0.2) is 0 Å². The van der Waals surface area contributed by atoms with Crippen molar-refractivity contribution < 1.29 is 9.53 Å². The molecule has 0 amide bonds. The molecule has 0 aliphatic rings. The van der Waals surface area contributed by atoms with Crippen LogP contribution in [0.5, 0.6) is 0 Å². The summed E-state index contributed by atoms with van der Waals surface area (Å²) in [5, 5.41) is 17.6. The lowest BCUT2D eigenvalue weighted by Crippen LogP contribution is -2.11. The van der Waals surface area contributed by atoms with E-state index in [9.17, 15) is 4.79 Å². The van der Waals surface area contributed by atoms with Gasteiger partial charge >= 0.3 is 5.97 Å². The zero-order valence-corrected chi connectivity index (χ0v) is 10.9. The van der Waals surface area contributed by atoms with Crippen LogP contribution in [0.3, 0.4) is 0 Å². The maximum absolute atomic E-state index is 11.6. The van der Waals surface area contributed by atoms with E-state index in [0.717, 1.165) is 0 Å². The Morgan fingerprint density at radius 3 is 2.42 bits per heavy atom. The second kappa shape index (κ2) is 6.98. The first-order chi connectivity index (χ1) is 9.06. The summed E-state index contributed by atoms with van der Waals surface area (Å²) in [6, 6.07) is 10.4. The fourth-order valence-corrected chi connectivity index (χ4v) is 1.28. The number of ether oxygens (including phenoxy) is 1. The second-order valence-corrected chi connectivity index (χ2v) is 4.40. The molecule has 0 N–H and O–H groups in total. The summed E-state index contributed by atoms with van der Waals surface area (Å²) in [7, 11) is 0. The van der Waals surface area contributed by atoms with E-state index in [-0.39, 0.29) is 18.1 Å². The van der Waals surface area contributed by atoms with E-state index in [4.69, 9.17) is 15.3 Å². The van der Waals surface area contributed by atoms with Gasteiger partial charge in [0.25, 0.3) is 0 Å². The molecule has 0 unspecified atom stereocenters. The molecule has 0 aliphatic carbocycles. The van der Waals surface area contributed by atoms with Gasteiger partial charge in [0.05, 0.1) is 18.2 Å². The van der Waals surface area contributed by atoms with Crippen LogP contribution in [0.1, 0.15) is 25.0 Å². The first kappa shape index (κ1) is 14.5. The number of rotatable bonds is 4. The smallest absolute Gasteiger partial charge is 0.348 e. The Kier molecular flexibility index (Phi) is 5.32. The lowest BCUT2D eigenvalue weighted by molar-refractivity contribution is -0.139. The minimum atomic E-state index is -0.624. The highest BCUT2D eigenvalue weighted by Gasteiger charge is 2.11. The summed E-state index contributed by atoms with van der Waals surface area (Å²) >= 11 is 0. The molecule has 4 heteroatoms. The SMILES string of the molecule is CC(C)COC(=O)/C(C#N)=C/c1ccc(C#N)cc1. The Morgan fingerprint density at radius 1 is 1.32 bits per heavy atom. The average molecular weight is 254 g/mol. The molecule has 0 bridgehead atoms. The van der Waals surface area contributed by atoms with E-state index in [1.165, 1.54) is 6.08 Å². The topological polar surface area (TPSA) is 73.9 Å². The van der Waals surface area contributed by atoms with Gasteiger partial charge in [-0.05, 0) is 29.7 Å². The van der Waals surface area contributed by atoms with Gasteiger partial charge in [-0.25, -0.2) is 4.79 Å². The Hall–Kier alpha value is -2.59. The minimum absolute atomic E-state index is 0.0506. The molecular formula is C15H14N2O2. The molecule has 0 heterocycles. The highest BCUT2D eigenvalue weighted by atomic mass is 16.5. The van der Waals surface area contributed by atoms with Crippen LogP contribution < -0.4 is 0 Å². The number of hydrogen-bond acceptors (Lipinski definition) is 4. The zero-order chi connectivity index (χ0) is 14.3. The number of benzene rings is 1. The average Bonchev–Trinajstić information content (AvgIpc) is 2.42. The molecule has 1 aromatic carbocycles. The van der Waals surface area contributed by atoms with Gasteiger partial charge in [0, 0.05) is 0 Å². The van der Waals surface area contributed by atoms with Gasteiger partial charge in [-0.2, -0.15) is 10.5 Å². The molecule has 1 rings (SSSR count). The molecule has 0 spiro atoms. The number of esters is 1. The molecule has 0 radical (unpaired) electrons. The molecule has 0 saturated heterocycles. The van der Waals surface area contributed by atoms with E-state index in [1.54, 1.807) is 24.3 Å². The summed E-state index contributed by atoms with van der Waals surface area (Å²) in [6.07, 6.45) is 1.45. The van der Waals surface area contributed by atoms with Crippen molar-refractivity contribution in [2.75, 3.05) is 6.61 Å². The predicted octanol–water partition coefficient (Wildman–Crippen LogP) is 2.66. The third kappa shape index (κ3) is 4.65. The maximum atomic E-state index is 11.6. The lowest BCUT2D eigenvalue weighted by Gasteiger charge is -2.06. The van der Waals surface area contributed by atoms with Gasteiger partial charge < -0.3 is 4.74 Å². The molecule has 4 nitrogen and oxygen atoms in total. The van der Waals surface area contributed by atoms with Crippen LogP contribution >= 0.6 is 0 Å². The number of hydrogen-bond donors (Lipinski definition) is 0. The van der Waals surface area contributed by atoms with Crippen molar-refractivity contribution in [3.63, 3.8) is 0 Å². The van der Waals surface area contributed by atoms with Gasteiger partial charge in [0.2, 0.25) is 0 Å². The highest BCUT2D eigenvalue weighted by Crippen LogP contribution is 2.10. The predicted molar refractivity (Wildman–Crippen MR) is 70.5 cm³/mol. The Labute approximate surface area is 112 Å². The van der Waals surface area contributed by atoms with E-state index in [0.29, 0.717) is 11.1 Å². The first-order valence-corrected chi connectivity index (χ1v) is 5.86. The van der Waals surface area contributed by atoms with Crippen LogP contribution in [0.25, 0.3) is 6.08 Å². The standard InChI is InChI=1S/C15H14N2O2/c1-11(2)10-19-15(18)14(9-17)7-12-3-5-13(8-16)6-4-12/h3-7,11H,10H2,1-2H3/b14-7+. The number of carbonyl (C=O) groups excluding carboxylic acids is 1. The normalized spacial score (nSPS) is 10.7. The van der Waals surface area contributed by atoms with Gasteiger partial charge in [-0.3, -0.25) is 0 Å². The molecule has 0 atom stereocenters. The summed E-state index contributed by atoms with van der Waals surface area (Å²) in [4.78, 5) is 11.6. The highest BCUT2D eigenvalue weighted by molar-refractivity contribution is 5.97. The number of carbonyl (C=O) groups is 1. The van der Waals surface area contributed by atoms with Crippen molar-refractivity contribution in [3.05, 3.63) is 41.0 Å². The Balaban J connectivity index is 2.84. The van der Waals surface area contributed by atoms with Gasteiger partial charge in [0.1, 0.15) is 11.6 Å². The third-order valence-electron chi connectivity index (χ3n) is 2.24. The summed E-state index contributed by atoms with van der Waals surface area (Å²) < 4.78 is 4.99. The van der Waals surface area contributed by atoms with Crippen LogP contribution in [0, 0.1) is 28.6 Å². The summed E-state index contributed by atoms with van der Waals surface area (Å²) in [5.41, 5.74) is 1.15. The number of nitriles is 2. The van der Waals surface area contributed by atoms with E-state index >= 15 is 0 Å². The zero-order valence-electron chi connectivity index (χ0n) is 10.9. The fraction of sp³-hybridized carbons (Fsp3) is 0.267. The monoisotopic (exact) mass is 254 g/mol. The van der Waals surface area contributed by atoms with E-state index in [2.05, 4.69) is 0 Å². The molecule has 1 aromatic rings. The molecular weight excluding hydrogens is 240 g/mol. The Bertz CT molecular complexity index is 557. The van der Waals surface area contributed by atoms with Crippen LogP contribution in [-0.2, 0) is 9.53 Å². The summed E-state index contributed by atoms with van der Waals surface area (Å²) in [6.45, 7) is 4.12. The van der Waals surface area contributed by atoms with Crippen molar-refractivity contribution in [2.45, 2.75) is 13.8 Å². The van der Waals surface area contributed by atoms with Crippen LogP contribution in [-0.4, -0.2) is 12.6 Å². The number of nitrogens with zero attached hydrogens (tertiary/aromatic N) is 2. The maximum Gasteiger partial charge on any atom is 0.348 e. The molecule has 0 saturated carbocycles. The minimum Gasteiger partial charge on any atom is -0.461 e. The second-order valence-electron chi connectivity index (χ2n) is 4.40. The Morgan fingerprint density at radius 2 is 1.95 bits per heavy atom. The van der Waals surface area contributed by atoms with Crippen molar-refractivity contribution in [1.29, 1.82) is 10.5 Å². The van der Waals surface area contributed by atoms with Gasteiger partial charge in [-0.1, -0.05) is 26.0 Å². The fourth-order valence-electron chi connectivity index (χ4n) is 1.28. The quantitative estimate of drug-likeness (QED) is 0.470. The summed E-state index contributed by atoms with van der Waals surface area (Å²) in [5.74, 6) is -0.403. The van der Waals surface area contributed by atoms with Crippen LogP contribution in [0.4, 0.5) is 0 Å². The van der Waals surface area contributed by atoms with Crippen molar-refractivity contribution >= 4 is 12.0 Å². The molecule has 0 aromatic heterocycles. The van der Waals surface area contributed by atoms with E-state index in [1.807, 2.05) is 26.0 Å². The molecule has 96 valence electrons. The molecule has 19 heavy (non-hydrogen) atoms. The van der Waals surface area contributed by atoms with Crippen LogP contribution in [0.15, 0.2) is 29.8 Å². The first-order valence-electron chi connectivity index (χ1n) is 5.86. The van der Waals surface area contributed by atoms with E-state index < -0.39 is 5.97 Å². The largest absolute Gasteiger partial charge is 0.461 e. The van der Waals surface area contributed by atoms with Crippen LogP contribution in [0.2, 0.25) is 0 Å².